The minimum Gasteiger partial charge on any atom is -0.341 e. The molecule has 8 heterocycles. The second kappa shape index (κ2) is 15.9. The maximum atomic E-state index is 14.0. The largest absolute Gasteiger partial charge is 0.341 e. The number of carbonyl (C=O) groups is 2. The molecule has 304 valence electrons. The summed E-state index contributed by atoms with van der Waals surface area (Å²) < 4.78 is 11.0. The molecule has 0 amide bonds. The molecule has 0 spiro atoms. The monoisotopic (exact) mass is 819 g/mol. The lowest BCUT2D eigenvalue weighted by Gasteiger charge is -2.08. The van der Waals surface area contributed by atoms with Crippen LogP contribution in [-0.2, 0) is 32.7 Å². The molecule has 5 aliphatic rings. The minimum absolute atomic E-state index is 0.0296. The lowest BCUT2D eigenvalue weighted by molar-refractivity contribution is -0.688. The van der Waals surface area contributed by atoms with E-state index in [2.05, 4.69) is 140 Å². The Balaban J connectivity index is 0.922. The van der Waals surface area contributed by atoms with Gasteiger partial charge in [0.15, 0.2) is 11.6 Å². The fourth-order valence-corrected chi connectivity index (χ4v) is 9.16. The van der Waals surface area contributed by atoms with Gasteiger partial charge in [-0.05, 0) is 93.9 Å². The molecule has 10 aromatic rings. The summed E-state index contributed by atoms with van der Waals surface area (Å²) in [5.41, 5.74) is 14.0. The van der Waals surface area contributed by atoms with E-state index in [4.69, 9.17) is 0 Å². The van der Waals surface area contributed by atoms with Gasteiger partial charge in [0.2, 0.25) is 12.7 Å². The highest BCUT2D eigenvalue weighted by molar-refractivity contribution is 6.17. The molecule has 7 aromatic carbocycles. The third kappa shape index (κ3) is 7.48. The predicted molar refractivity (Wildman–Crippen MR) is 248 cm³/mol. The highest BCUT2D eigenvalue weighted by atomic mass is 16.1. The number of nitrogens with zero attached hydrogens (tertiary/aromatic N) is 5. The van der Waals surface area contributed by atoms with Gasteiger partial charge in [-0.25, -0.2) is 18.3 Å². The second-order valence-electron chi connectivity index (χ2n) is 16.8. The van der Waals surface area contributed by atoms with E-state index in [-0.39, 0.29) is 11.6 Å². The first-order chi connectivity index (χ1) is 30.9. The quantitative estimate of drug-likeness (QED) is 0.155. The average Bonchev–Trinajstić information content (AvgIpc) is 4.05. The number of benzene rings is 7. The van der Waals surface area contributed by atoms with Crippen molar-refractivity contribution in [2.75, 3.05) is 0 Å². The van der Waals surface area contributed by atoms with E-state index in [1.807, 2.05) is 84.9 Å². The van der Waals surface area contributed by atoms with Crippen molar-refractivity contribution in [2.45, 2.75) is 39.6 Å². The number of aryl methyl sites for hydroxylation is 1. The smallest absolute Gasteiger partial charge is 0.244 e. The molecule has 0 radical (unpaired) electrons. The molecule has 0 atom stereocenters. The second-order valence-corrected chi connectivity index (χ2v) is 16.8. The number of ketones is 2. The van der Waals surface area contributed by atoms with Crippen molar-refractivity contribution in [3.8, 4) is 22.3 Å². The van der Waals surface area contributed by atoms with Crippen LogP contribution in [0.25, 0.3) is 44.1 Å². The first-order valence-electron chi connectivity index (χ1n) is 21.6. The molecule has 0 saturated carbocycles. The van der Waals surface area contributed by atoms with E-state index in [9.17, 15) is 9.59 Å². The van der Waals surface area contributed by atoms with Gasteiger partial charge in [0.1, 0.15) is 51.0 Å². The topological polar surface area (TPSA) is 56.7 Å². The molecule has 7 heteroatoms. The maximum Gasteiger partial charge on any atom is 0.244 e. The molecule has 7 nitrogen and oxygen atoms in total. The molecule has 15 rings (SSSR count). The Kier molecular flexibility index (Phi) is 9.57. The van der Waals surface area contributed by atoms with Crippen molar-refractivity contribution in [1.82, 2.24) is 13.7 Å². The van der Waals surface area contributed by atoms with E-state index in [0.29, 0.717) is 35.3 Å². The van der Waals surface area contributed by atoms with E-state index in [1.165, 1.54) is 33.4 Å². The van der Waals surface area contributed by atoms with Crippen LogP contribution in [0.2, 0.25) is 0 Å². The number of fused-ring (bicyclic) bond motifs is 4. The van der Waals surface area contributed by atoms with Gasteiger partial charge >= 0.3 is 0 Å². The predicted octanol–water partition coefficient (Wildman–Crippen LogP) is 10.3. The first kappa shape index (κ1) is 38.1. The Morgan fingerprint density at radius 3 is 1.25 bits per heavy atom. The maximum absolute atomic E-state index is 14.0. The number of hydrogen-bond donors (Lipinski definition) is 0. The summed E-state index contributed by atoms with van der Waals surface area (Å²) in [6, 6.07) is 54.2. The number of imidazole rings is 2. The molecule has 63 heavy (non-hydrogen) atoms. The standard InChI is InChI=1S/C56H45N5O2/c1-2-61-53-24-22-49-31-51(53)52-32-50(23-25-54(52)61)56(63)46-20-12-42(13-21-46)36-60-29-27-58(38-60)34-40-8-16-44(17-9-40)48-5-3-4-47(30-48)43-14-6-39(7-15-43)33-57-26-28-59(37-57)35-41-10-18-45(19-11-41)55(49)62/h3-32,37-38H,2,33-36H2,1H3/q+2. The van der Waals surface area contributed by atoms with Gasteiger partial charge in [0.25, 0.3) is 0 Å². The fourth-order valence-electron chi connectivity index (χ4n) is 9.16. The fraction of sp³-hybridized carbons (Fsp3) is 0.107. The number of hydrogen-bond acceptors (Lipinski definition) is 2. The zero-order valence-electron chi connectivity index (χ0n) is 35.1. The van der Waals surface area contributed by atoms with E-state index < -0.39 is 0 Å². The van der Waals surface area contributed by atoms with E-state index >= 15 is 0 Å². The first-order valence-corrected chi connectivity index (χ1v) is 21.6. The Labute approximate surface area is 366 Å². The summed E-state index contributed by atoms with van der Waals surface area (Å²) in [6.45, 7) is 5.81. The van der Waals surface area contributed by atoms with Crippen molar-refractivity contribution in [3.63, 3.8) is 0 Å². The molecular weight excluding hydrogens is 775 g/mol. The third-order valence-electron chi connectivity index (χ3n) is 12.5. The van der Waals surface area contributed by atoms with Crippen LogP contribution in [0, 0.1) is 0 Å². The zero-order chi connectivity index (χ0) is 42.4. The summed E-state index contributed by atoms with van der Waals surface area (Å²) in [5.74, 6) is -0.0592. The van der Waals surface area contributed by atoms with Crippen LogP contribution in [0.5, 0.6) is 0 Å². The summed E-state index contributed by atoms with van der Waals surface area (Å²) >= 11 is 0. The molecule has 3 aromatic heterocycles. The molecule has 0 fully saturated rings. The minimum atomic E-state index is -0.0296. The van der Waals surface area contributed by atoms with Crippen LogP contribution < -0.4 is 9.13 Å². The molecule has 0 unspecified atom stereocenters. The van der Waals surface area contributed by atoms with Crippen LogP contribution in [0.4, 0.5) is 0 Å². The lowest BCUT2D eigenvalue weighted by Crippen LogP contribution is -2.31. The van der Waals surface area contributed by atoms with Gasteiger partial charge in [0.05, 0.1) is 0 Å². The Morgan fingerprint density at radius 2 is 0.825 bits per heavy atom. The zero-order valence-corrected chi connectivity index (χ0v) is 35.1. The number of carbonyl (C=O) groups excluding carboxylic acids is 2. The Morgan fingerprint density at radius 1 is 0.429 bits per heavy atom. The molecule has 0 N–H and O–H groups in total. The summed E-state index contributed by atoms with van der Waals surface area (Å²) in [6.07, 6.45) is 12.7. The Hall–Kier alpha value is -7.90. The van der Waals surface area contributed by atoms with Gasteiger partial charge < -0.3 is 4.57 Å². The van der Waals surface area contributed by atoms with Crippen LogP contribution in [0.15, 0.2) is 195 Å². The van der Waals surface area contributed by atoms with Crippen LogP contribution in [0.3, 0.4) is 0 Å². The van der Waals surface area contributed by atoms with E-state index in [0.717, 1.165) is 52.6 Å². The summed E-state index contributed by atoms with van der Waals surface area (Å²) in [7, 11) is 0. The van der Waals surface area contributed by atoms with Gasteiger partial charge in [-0.1, -0.05) is 115 Å². The average molecular weight is 820 g/mol. The highest BCUT2D eigenvalue weighted by Crippen LogP contribution is 2.32. The van der Waals surface area contributed by atoms with Gasteiger partial charge in [-0.2, -0.15) is 0 Å². The van der Waals surface area contributed by atoms with Crippen molar-refractivity contribution in [1.29, 1.82) is 0 Å². The SMILES string of the molecule is CCn1c2ccc3cc2c2cc(ccc21)C(=O)c1ccc(cc1)Cn1cc[n+](c1)Cc1ccc(cc1)-c1cccc(c1)-c1ccc(cc1)C[n+]1ccn(c1)Cc1ccc(cc1)C3=O. The Bertz CT molecular complexity index is 3110. The van der Waals surface area contributed by atoms with Crippen molar-refractivity contribution >= 4 is 33.4 Å². The van der Waals surface area contributed by atoms with Crippen molar-refractivity contribution < 1.29 is 18.7 Å². The van der Waals surface area contributed by atoms with Gasteiger partial charge in [0, 0.05) is 50.6 Å². The van der Waals surface area contributed by atoms with Crippen LogP contribution in [0.1, 0.15) is 61.0 Å². The highest BCUT2D eigenvalue weighted by Gasteiger charge is 2.18. The number of aromatic nitrogens is 5. The lowest BCUT2D eigenvalue weighted by atomic mass is 9.98. The summed E-state index contributed by atoms with van der Waals surface area (Å²) in [5, 5.41) is 1.93. The third-order valence-corrected chi connectivity index (χ3v) is 12.5. The molecule has 0 aliphatic carbocycles. The van der Waals surface area contributed by atoms with Gasteiger partial charge in [-0.3, -0.25) is 9.59 Å². The van der Waals surface area contributed by atoms with Crippen molar-refractivity contribution in [3.05, 3.63) is 240 Å². The van der Waals surface area contributed by atoms with Crippen LogP contribution in [-0.4, -0.2) is 25.3 Å². The normalized spacial score (nSPS) is 13.0. The van der Waals surface area contributed by atoms with Gasteiger partial charge in [-0.15, -0.1) is 0 Å². The number of rotatable bonds is 1. The molecule has 5 aliphatic heterocycles. The molecular formula is C56H45N5O2+2. The van der Waals surface area contributed by atoms with Crippen LogP contribution >= 0.6 is 0 Å². The molecule has 18 bridgehead atoms. The van der Waals surface area contributed by atoms with Crippen molar-refractivity contribution in [2.24, 2.45) is 0 Å². The molecule has 0 saturated heterocycles. The summed E-state index contributed by atoms with van der Waals surface area (Å²) in [4.78, 5) is 27.9. The van der Waals surface area contributed by atoms with E-state index in [1.54, 1.807) is 0 Å².